The Morgan fingerprint density at radius 3 is 2.50 bits per heavy atom. The second kappa shape index (κ2) is 13.2. The van der Waals surface area contributed by atoms with Gasteiger partial charge in [-0.05, 0) is 49.8 Å². The average molecular weight is 602 g/mol. The van der Waals surface area contributed by atoms with Gasteiger partial charge < -0.3 is 20.9 Å². The van der Waals surface area contributed by atoms with Crippen LogP contribution in [0.25, 0.3) is 5.70 Å². The zero-order chi connectivity index (χ0) is 30.6. The molecule has 42 heavy (non-hydrogen) atoms. The van der Waals surface area contributed by atoms with E-state index in [4.69, 9.17) is 16.4 Å². The van der Waals surface area contributed by atoms with Gasteiger partial charge in [-0.15, -0.1) is 0 Å². The molecule has 2 aliphatic heterocycles. The van der Waals surface area contributed by atoms with E-state index in [9.17, 15) is 24.0 Å². The normalized spacial score (nSPS) is 22.8. The Labute approximate surface area is 251 Å². The summed E-state index contributed by atoms with van der Waals surface area (Å²) in [7, 11) is 0. The van der Waals surface area contributed by atoms with Crippen molar-refractivity contribution in [2.75, 3.05) is 6.54 Å². The summed E-state index contributed by atoms with van der Waals surface area (Å²) < 4.78 is 0. The number of benzene rings is 1. The molecule has 0 radical (unpaired) electrons. The van der Waals surface area contributed by atoms with Crippen LogP contribution in [0.5, 0.6) is 0 Å². The number of nitrogens with one attached hydrogen (secondary N) is 4. The van der Waals surface area contributed by atoms with Crippen molar-refractivity contribution >= 4 is 46.7 Å². The van der Waals surface area contributed by atoms with Gasteiger partial charge in [0, 0.05) is 30.0 Å². The number of ketones is 1. The Bertz CT molecular complexity index is 1260. The number of likely N-dealkylation sites (tertiary alicyclic amines) is 1. The molecule has 1 aromatic carbocycles. The van der Waals surface area contributed by atoms with Crippen LogP contribution in [0, 0.1) is 5.92 Å². The molecule has 1 spiro atoms. The Morgan fingerprint density at radius 2 is 1.88 bits per heavy atom. The fourth-order valence-electron chi connectivity index (χ4n) is 5.43. The van der Waals surface area contributed by atoms with Gasteiger partial charge >= 0.3 is 0 Å². The summed E-state index contributed by atoms with van der Waals surface area (Å²) >= 11 is 6.18. The van der Waals surface area contributed by atoms with Crippen molar-refractivity contribution in [3.63, 3.8) is 0 Å². The molecule has 0 aromatic heterocycles. The van der Waals surface area contributed by atoms with E-state index < -0.39 is 47.2 Å². The number of carbonyl (C=O) groups excluding carboxylic acids is 5. The molecule has 4 atom stereocenters. The molecule has 3 aliphatic rings. The molecule has 4 N–H and O–H groups in total. The highest BCUT2D eigenvalue weighted by Gasteiger charge is 2.53. The number of amides is 4. The molecule has 12 heteroatoms. The lowest BCUT2D eigenvalue weighted by molar-refractivity contribution is -0.143. The van der Waals surface area contributed by atoms with Crippen molar-refractivity contribution in [1.29, 1.82) is 0 Å². The fourth-order valence-corrected chi connectivity index (χ4v) is 5.62. The Kier molecular flexibility index (Phi) is 9.93. The van der Waals surface area contributed by atoms with Gasteiger partial charge in [-0.2, -0.15) is 0 Å². The van der Waals surface area contributed by atoms with E-state index in [-0.39, 0.29) is 37.3 Å². The Morgan fingerprint density at radius 1 is 1.14 bits per heavy atom. The van der Waals surface area contributed by atoms with Gasteiger partial charge in [0.1, 0.15) is 17.7 Å². The lowest BCUT2D eigenvalue weighted by Crippen LogP contribution is -2.56. The average Bonchev–Trinajstić information content (AvgIpc) is 3.52. The van der Waals surface area contributed by atoms with E-state index >= 15 is 0 Å². The summed E-state index contributed by atoms with van der Waals surface area (Å²) in [6, 6.07) is 4.29. The molecule has 4 amide bonds. The highest BCUT2D eigenvalue weighted by Crippen LogP contribution is 2.38. The van der Waals surface area contributed by atoms with Gasteiger partial charge in [0.15, 0.2) is 0 Å². The van der Waals surface area contributed by atoms with Crippen LogP contribution >= 0.6 is 11.6 Å². The van der Waals surface area contributed by atoms with Crippen LogP contribution in [0.15, 0.2) is 30.3 Å². The van der Waals surface area contributed by atoms with Crippen LogP contribution in [0.1, 0.15) is 71.8 Å². The van der Waals surface area contributed by atoms with Gasteiger partial charge in [0.05, 0.1) is 18.3 Å². The highest BCUT2D eigenvalue weighted by atomic mass is 35.5. The third kappa shape index (κ3) is 7.69. The lowest BCUT2D eigenvalue weighted by atomic mass is 9.97. The standard InChI is InChI=1S/C30H40ClN5O6/c1-5-7-22(26(38)28(40)33-21-10-11-21)34-27(39)25-15-30(14-24(35-42-30)19-8-6-9-20(31)13-19)16-36(25)29(41)23(12-17(2)3)32-18(4)37/h6,8-9,13-14,17,21-23,25,35H,5,7,10-12,15-16H2,1-4H3,(H,32,37)(H,33,40)(H,34,39)/t22-,23-,25-,30+/m0/s1. The molecular weight excluding hydrogens is 562 g/mol. The minimum absolute atomic E-state index is 0.00129. The summed E-state index contributed by atoms with van der Waals surface area (Å²) in [4.78, 5) is 72.7. The largest absolute Gasteiger partial charge is 0.347 e. The van der Waals surface area contributed by atoms with Gasteiger partial charge in [-0.3, -0.25) is 34.3 Å². The lowest BCUT2D eigenvalue weighted by Gasteiger charge is -2.30. The van der Waals surface area contributed by atoms with Crippen LogP contribution in [0.2, 0.25) is 5.02 Å². The van der Waals surface area contributed by atoms with Crippen molar-refractivity contribution in [1.82, 2.24) is 26.3 Å². The van der Waals surface area contributed by atoms with Crippen molar-refractivity contribution in [3.8, 4) is 0 Å². The Hall–Kier alpha value is -3.44. The molecule has 0 bridgehead atoms. The maximum Gasteiger partial charge on any atom is 0.289 e. The van der Waals surface area contributed by atoms with Crippen LogP contribution in [0.3, 0.4) is 0 Å². The second-order valence-electron chi connectivity index (χ2n) is 11.9. The van der Waals surface area contributed by atoms with E-state index in [1.807, 2.05) is 32.9 Å². The zero-order valence-corrected chi connectivity index (χ0v) is 25.3. The van der Waals surface area contributed by atoms with Gasteiger partial charge in [0.25, 0.3) is 5.91 Å². The van der Waals surface area contributed by atoms with Gasteiger partial charge in [0.2, 0.25) is 23.5 Å². The van der Waals surface area contributed by atoms with Crippen molar-refractivity contribution in [2.24, 2.45) is 5.92 Å². The van der Waals surface area contributed by atoms with Gasteiger partial charge in [-0.1, -0.05) is 50.9 Å². The first-order chi connectivity index (χ1) is 19.9. The van der Waals surface area contributed by atoms with Gasteiger partial charge in [-0.25, -0.2) is 0 Å². The van der Waals surface area contributed by atoms with E-state index in [0.29, 0.717) is 23.6 Å². The summed E-state index contributed by atoms with van der Waals surface area (Å²) in [5, 5.41) is 8.71. The maximum atomic E-state index is 13.9. The number of hydroxylamine groups is 1. The Balaban J connectivity index is 1.61. The molecule has 11 nitrogen and oxygen atoms in total. The number of Topliss-reactive ketones (excluding diaryl/α,β-unsaturated/α-hetero) is 1. The van der Waals surface area contributed by atoms with Crippen LogP contribution < -0.4 is 21.4 Å². The number of rotatable bonds is 12. The van der Waals surface area contributed by atoms with Crippen LogP contribution in [0.4, 0.5) is 0 Å². The van der Waals surface area contributed by atoms with E-state index in [2.05, 4.69) is 21.4 Å². The summed E-state index contributed by atoms with van der Waals surface area (Å²) in [6.45, 7) is 7.11. The predicted octanol–water partition coefficient (Wildman–Crippen LogP) is 2.24. The molecule has 2 fully saturated rings. The van der Waals surface area contributed by atoms with Crippen LogP contribution in [-0.4, -0.2) is 70.6 Å². The number of carbonyl (C=O) groups is 5. The predicted molar refractivity (Wildman–Crippen MR) is 157 cm³/mol. The third-order valence-electron chi connectivity index (χ3n) is 7.58. The smallest absolute Gasteiger partial charge is 0.289 e. The molecular formula is C30H40ClN5O6. The molecule has 228 valence electrons. The topological polar surface area (TPSA) is 146 Å². The van der Waals surface area contributed by atoms with E-state index in [1.165, 1.54) is 11.8 Å². The highest BCUT2D eigenvalue weighted by molar-refractivity contribution is 6.38. The zero-order valence-electron chi connectivity index (χ0n) is 24.5. The second-order valence-corrected chi connectivity index (χ2v) is 12.3. The monoisotopic (exact) mass is 601 g/mol. The molecule has 1 saturated heterocycles. The fraction of sp³-hybridized carbons (Fsp3) is 0.567. The van der Waals surface area contributed by atoms with Crippen molar-refractivity contribution in [3.05, 3.63) is 40.9 Å². The molecule has 1 saturated carbocycles. The summed E-state index contributed by atoms with van der Waals surface area (Å²) in [5.74, 6) is -2.68. The molecule has 1 aromatic rings. The summed E-state index contributed by atoms with van der Waals surface area (Å²) in [6.07, 6.45) is 4.79. The number of nitrogens with zero attached hydrogens (tertiary/aromatic N) is 1. The maximum absolute atomic E-state index is 13.9. The number of hydrogen-bond donors (Lipinski definition) is 4. The SMILES string of the molecule is CCC[C@H](NC(=O)[C@@H]1C[C@]2(C=C(c3cccc(Cl)c3)NO2)CN1C(=O)[C@H](CC(C)C)NC(C)=O)C(=O)C(=O)NC1CC1. The first-order valence-corrected chi connectivity index (χ1v) is 14.9. The third-order valence-corrected chi connectivity index (χ3v) is 7.81. The summed E-state index contributed by atoms with van der Waals surface area (Å²) in [5.41, 5.74) is 3.28. The van der Waals surface area contributed by atoms with Crippen molar-refractivity contribution in [2.45, 2.75) is 96.0 Å². The molecule has 4 rings (SSSR count). The molecule has 0 unspecified atom stereocenters. The first kappa shape index (κ1) is 31.5. The first-order valence-electron chi connectivity index (χ1n) is 14.6. The van der Waals surface area contributed by atoms with E-state index in [0.717, 1.165) is 18.4 Å². The van der Waals surface area contributed by atoms with E-state index in [1.54, 1.807) is 18.2 Å². The molecule has 2 heterocycles. The number of hydrogen-bond acceptors (Lipinski definition) is 7. The van der Waals surface area contributed by atoms with Crippen LogP contribution in [-0.2, 0) is 28.8 Å². The van der Waals surface area contributed by atoms with Crippen molar-refractivity contribution < 1.29 is 28.8 Å². The minimum Gasteiger partial charge on any atom is -0.347 e. The molecule has 1 aliphatic carbocycles. The number of halogens is 1. The minimum atomic E-state index is -1.05. The quantitative estimate of drug-likeness (QED) is 0.269.